The van der Waals surface area contributed by atoms with Gasteiger partial charge in [0, 0.05) is 24.4 Å². The number of aliphatic hydroxyl groups excluding tert-OH is 1. The Morgan fingerprint density at radius 1 is 1.12 bits per heavy atom. The summed E-state index contributed by atoms with van der Waals surface area (Å²) in [6.07, 6.45) is 5.55. The Bertz CT molecular complexity index is 665. The molecule has 1 amide bonds. The van der Waals surface area contributed by atoms with E-state index in [4.69, 9.17) is 4.74 Å². The zero-order chi connectivity index (χ0) is 17.5. The molecule has 5 heteroatoms. The standard InChI is InChI=1S/C20H24N2O3/c23-13-15-4-8-17(9-5-15)22-20(24)16-6-10-19(11-7-16)25-14-18-3-1-2-12-21-18/h1-3,6-7,10-12,15,17,23H,4-5,8-9,13-14H2,(H,22,24). The molecule has 1 aromatic carbocycles. The van der Waals surface area contributed by atoms with Crippen LogP contribution in [0.3, 0.4) is 0 Å². The number of hydrogen-bond acceptors (Lipinski definition) is 4. The fraction of sp³-hybridized carbons (Fsp3) is 0.400. The molecular formula is C20H24N2O3. The molecule has 1 aliphatic carbocycles. The van der Waals surface area contributed by atoms with Crippen molar-refractivity contribution in [3.63, 3.8) is 0 Å². The molecule has 0 radical (unpaired) electrons. The summed E-state index contributed by atoms with van der Waals surface area (Å²) in [6, 6.07) is 13.1. The lowest BCUT2D eigenvalue weighted by atomic mass is 9.86. The normalized spacial score (nSPS) is 20.0. The van der Waals surface area contributed by atoms with Crippen LogP contribution in [0.25, 0.3) is 0 Å². The molecule has 1 saturated carbocycles. The van der Waals surface area contributed by atoms with Crippen LogP contribution < -0.4 is 10.1 Å². The van der Waals surface area contributed by atoms with Crippen LogP contribution in [0.5, 0.6) is 5.75 Å². The van der Waals surface area contributed by atoms with Gasteiger partial charge in [0.1, 0.15) is 12.4 Å². The maximum atomic E-state index is 12.3. The summed E-state index contributed by atoms with van der Waals surface area (Å²) in [7, 11) is 0. The minimum Gasteiger partial charge on any atom is -0.487 e. The predicted molar refractivity (Wildman–Crippen MR) is 95.3 cm³/mol. The highest BCUT2D eigenvalue weighted by Gasteiger charge is 2.22. The van der Waals surface area contributed by atoms with Crippen LogP contribution >= 0.6 is 0 Å². The van der Waals surface area contributed by atoms with Crippen molar-refractivity contribution >= 4 is 5.91 Å². The van der Waals surface area contributed by atoms with Gasteiger partial charge in [-0.15, -0.1) is 0 Å². The molecule has 25 heavy (non-hydrogen) atoms. The summed E-state index contributed by atoms with van der Waals surface area (Å²) in [4.78, 5) is 16.6. The van der Waals surface area contributed by atoms with Crippen LogP contribution in [0.2, 0.25) is 0 Å². The molecule has 0 aliphatic heterocycles. The molecule has 0 saturated heterocycles. The molecule has 5 nitrogen and oxygen atoms in total. The number of carbonyl (C=O) groups excluding carboxylic acids is 1. The second kappa shape index (κ2) is 8.62. The van der Waals surface area contributed by atoms with E-state index in [0.29, 0.717) is 23.8 Å². The maximum Gasteiger partial charge on any atom is 0.251 e. The third-order valence-corrected chi connectivity index (χ3v) is 4.67. The van der Waals surface area contributed by atoms with Crippen molar-refractivity contribution in [2.75, 3.05) is 6.61 Å². The van der Waals surface area contributed by atoms with Crippen molar-refractivity contribution in [1.29, 1.82) is 0 Å². The highest BCUT2D eigenvalue weighted by atomic mass is 16.5. The average molecular weight is 340 g/mol. The van der Waals surface area contributed by atoms with Crippen LogP contribution in [-0.4, -0.2) is 28.6 Å². The first-order valence-corrected chi connectivity index (χ1v) is 8.79. The minimum absolute atomic E-state index is 0.0521. The predicted octanol–water partition coefficient (Wildman–Crippen LogP) is 2.94. The Morgan fingerprint density at radius 2 is 1.88 bits per heavy atom. The number of amides is 1. The van der Waals surface area contributed by atoms with E-state index in [-0.39, 0.29) is 18.6 Å². The van der Waals surface area contributed by atoms with Crippen LogP contribution in [0.4, 0.5) is 0 Å². The monoisotopic (exact) mass is 340 g/mol. The number of hydrogen-bond donors (Lipinski definition) is 2. The summed E-state index contributed by atoms with van der Waals surface area (Å²) in [5.41, 5.74) is 1.50. The summed E-state index contributed by atoms with van der Waals surface area (Å²) in [5, 5.41) is 12.3. The van der Waals surface area contributed by atoms with E-state index in [2.05, 4.69) is 10.3 Å². The number of aromatic nitrogens is 1. The molecule has 2 aromatic rings. The van der Waals surface area contributed by atoms with Gasteiger partial charge in [0.25, 0.3) is 5.91 Å². The fourth-order valence-corrected chi connectivity index (χ4v) is 3.10. The molecular weight excluding hydrogens is 316 g/mol. The van der Waals surface area contributed by atoms with Crippen LogP contribution in [0.15, 0.2) is 48.7 Å². The number of benzene rings is 1. The van der Waals surface area contributed by atoms with E-state index in [1.54, 1.807) is 30.5 Å². The number of ether oxygens (including phenoxy) is 1. The van der Waals surface area contributed by atoms with Crippen LogP contribution in [-0.2, 0) is 6.61 Å². The minimum atomic E-state index is -0.0521. The summed E-state index contributed by atoms with van der Waals surface area (Å²) in [6.45, 7) is 0.654. The molecule has 1 aliphatic rings. The SMILES string of the molecule is O=C(NC1CCC(CO)CC1)c1ccc(OCc2ccccn2)cc1. The Balaban J connectivity index is 1.49. The topological polar surface area (TPSA) is 71.5 Å². The van der Waals surface area contributed by atoms with Gasteiger partial charge in [-0.1, -0.05) is 6.07 Å². The fourth-order valence-electron chi connectivity index (χ4n) is 3.10. The lowest BCUT2D eigenvalue weighted by Crippen LogP contribution is -2.38. The zero-order valence-corrected chi connectivity index (χ0v) is 14.2. The number of aliphatic hydroxyl groups is 1. The largest absolute Gasteiger partial charge is 0.487 e. The second-order valence-corrected chi connectivity index (χ2v) is 6.51. The van der Waals surface area contributed by atoms with Crippen molar-refractivity contribution in [2.45, 2.75) is 38.3 Å². The molecule has 0 unspecified atom stereocenters. The molecule has 1 aromatic heterocycles. The van der Waals surface area contributed by atoms with Crippen molar-refractivity contribution < 1.29 is 14.6 Å². The number of pyridine rings is 1. The first-order chi connectivity index (χ1) is 12.2. The number of carbonyl (C=O) groups is 1. The summed E-state index contributed by atoms with van der Waals surface area (Å²) in [5.74, 6) is 1.05. The third kappa shape index (κ3) is 5.03. The quantitative estimate of drug-likeness (QED) is 0.848. The lowest BCUT2D eigenvalue weighted by Gasteiger charge is -2.27. The first kappa shape index (κ1) is 17.4. The van der Waals surface area contributed by atoms with E-state index in [1.807, 2.05) is 18.2 Å². The molecule has 0 bridgehead atoms. The molecule has 1 fully saturated rings. The van der Waals surface area contributed by atoms with E-state index < -0.39 is 0 Å². The molecule has 0 spiro atoms. The van der Waals surface area contributed by atoms with Gasteiger partial charge in [0.2, 0.25) is 0 Å². The van der Waals surface area contributed by atoms with Gasteiger partial charge >= 0.3 is 0 Å². The Morgan fingerprint density at radius 3 is 2.52 bits per heavy atom. The van der Waals surface area contributed by atoms with E-state index in [0.717, 1.165) is 31.4 Å². The van der Waals surface area contributed by atoms with Crippen molar-refractivity contribution in [1.82, 2.24) is 10.3 Å². The van der Waals surface area contributed by atoms with Gasteiger partial charge in [-0.25, -0.2) is 0 Å². The highest BCUT2D eigenvalue weighted by molar-refractivity contribution is 5.94. The molecule has 3 rings (SSSR count). The number of rotatable bonds is 6. The Labute approximate surface area is 148 Å². The Kier molecular flexibility index (Phi) is 6.01. The van der Waals surface area contributed by atoms with Crippen LogP contribution in [0, 0.1) is 5.92 Å². The van der Waals surface area contributed by atoms with Crippen molar-refractivity contribution in [3.05, 3.63) is 59.9 Å². The van der Waals surface area contributed by atoms with Crippen molar-refractivity contribution in [2.24, 2.45) is 5.92 Å². The second-order valence-electron chi connectivity index (χ2n) is 6.51. The van der Waals surface area contributed by atoms with Gasteiger partial charge in [0.05, 0.1) is 5.69 Å². The smallest absolute Gasteiger partial charge is 0.251 e. The summed E-state index contributed by atoms with van der Waals surface area (Å²) < 4.78 is 5.68. The number of nitrogens with one attached hydrogen (secondary N) is 1. The zero-order valence-electron chi connectivity index (χ0n) is 14.2. The van der Waals surface area contributed by atoms with Gasteiger partial charge < -0.3 is 15.2 Å². The van der Waals surface area contributed by atoms with Gasteiger partial charge in [-0.3, -0.25) is 9.78 Å². The molecule has 132 valence electrons. The maximum absolute atomic E-state index is 12.3. The summed E-state index contributed by atoms with van der Waals surface area (Å²) >= 11 is 0. The van der Waals surface area contributed by atoms with E-state index >= 15 is 0 Å². The third-order valence-electron chi connectivity index (χ3n) is 4.67. The van der Waals surface area contributed by atoms with Gasteiger partial charge in [-0.2, -0.15) is 0 Å². The lowest BCUT2D eigenvalue weighted by molar-refractivity contribution is 0.0914. The van der Waals surface area contributed by atoms with E-state index in [9.17, 15) is 9.90 Å². The molecule has 1 heterocycles. The van der Waals surface area contributed by atoms with Crippen LogP contribution in [0.1, 0.15) is 41.7 Å². The van der Waals surface area contributed by atoms with E-state index in [1.165, 1.54) is 0 Å². The first-order valence-electron chi connectivity index (χ1n) is 8.79. The van der Waals surface area contributed by atoms with Crippen molar-refractivity contribution in [3.8, 4) is 5.75 Å². The van der Waals surface area contributed by atoms with Gasteiger partial charge in [0.15, 0.2) is 0 Å². The molecule has 2 N–H and O–H groups in total. The highest BCUT2D eigenvalue weighted by Crippen LogP contribution is 2.24. The Hall–Kier alpha value is -2.40. The average Bonchev–Trinajstić information content (AvgIpc) is 2.68. The van der Waals surface area contributed by atoms with Gasteiger partial charge in [-0.05, 0) is 68.0 Å². The number of nitrogens with zero attached hydrogens (tertiary/aromatic N) is 1. The molecule has 0 atom stereocenters.